The van der Waals surface area contributed by atoms with E-state index in [1.807, 2.05) is 38.1 Å². The molecule has 0 N–H and O–H groups in total. The summed E-state index contributed by atoms with van der Waals surface area (Å²) in [7, 11) is 1.77. The Morgan fingerprint density at radius 2 is 1.84 bits per heavy atom. The van der Waals surface area contributed by atoms with Gasteiger partial charge in [-0.1, -0.05) is 25.4 Å². The summed E-state index contributed by atoms with van der Waals surface area (Å²) in [6.45, 7) is 8.68. The van der Waals surface area contributed by atoms with Gasteiger partial charge < -0.3 is 18.9 Å². The van der Waals surface area contributed by atoms with E-state index in [2.05, 4.69) is 19.0 Å². The number of hydrogen-bond acceptors (Lipinski definition) is 5. The number of carbonyl (C=O) groups excluding carboxylic acids is 1. The average molecular weight is 429 g/mol. The molecular formula is C25H36N2O4. The number of nitrogens with zero attached hydrogens (tertiary/aromatic N) is 2. The van der Waals surface area contributed by atoms with Crippen molar-refractivity contribution in [2.45, 2.75) is 78.4 Å². The van der Waals surface area contributed by atoms with Crippen LogP contribution in [0.2, 0.25) is 0 Å². The molecule has 0 radical (unpaired) electrons. The Kier molecular flexibility index (Phi) is 7.99. The molecule has 1 amide bonds. The van der Waals surface area contributed by atoms with Crippen LogP contribution in [0.1, 0.15) is 76.7 Å². The zero-order chi connectivity index (χ0) is 22.4. The molecule has 0 spiro atoms. The van der Waals surface area contributed by atoms with Crippen LogP contribution in [0.4, 0.5) is 4.79 Å². The number of rotatable bonds is 8. The van der Waals surface area contributed by atoms with Crippen LogP contribution < -0.4 is 4.74 Å². The van der Waals surface area contributed by atoms with Crippen LogP contribution in [-0.4, -0.2) is 35.8 Å². The maximum Gasteiger partial charge on any atom is 0.410 e. The van der Waals surface area contributed by atoms with Crippen molar-refractivity contribution in [1.82, 2.24) is 10.1 Å². The third-order valence-corrected chi connectivity index (χ3v) is 5.92. The van der Waals surface area contributed by atoms with Crippen LogP contribution in [0.15, 0.2) is 28.8 Å². The molecule has 0 aliphatic heterocycles. The van der Waals surface area contributed by atoms with Gasteiger partial charge in [-0.05, 0) is 76.1 Å². The van der Waals surface area contributed by atoms with Gasteiger partial charge in [0.05, 0.1) is 17.4 Å². The molecule has 0 bridgehead atoms. The van der Waals surface area contributed by atoms with Gasteiger partial charge >= 0.3 is 6.09 Å². The Bertz CT molecular complexity index is 838. The van der Waals surface area contributed by atoms with Gasteiger partial charge in [-0.3, -0.25) is 0 Å². The number of ether oxygens (including phenoxy) is 2. The van der Waals surface area contributed by atoms with E-state index in [9.17, 15) is 4.79 Å². The lowest BCUT2D eigenvalue weighted by molar-refractivity contribution is 0.0754. The highest BCUT2D eigenvalue weighted by Gasteiger charge is 2.25. The monoisotopic (exact) mass is 428 g/mol. The van der Waals surface area contributed by atoms with Crippen molar-refractivity contribution >= 4 is 6.09 Å². The molecule has 3 rings (SSSR count). The molecule has 170 valence electrons. The third-order valence-electron chi connectivity index (χ3n) is 5.92. The van der Waals surface area contributed by atoms with Crippen molar-refractivity contribution in [2.24, 2.45) is 5.92 Å². The van der Waals surface area contributed by atoms with Gasteiger partial charge in [-0.2, -0.15) is 0 Å². The van der Waals surface area contributed by atoms with Gasteiger partial charge in [0, 0.05) is 19.2 Å². The molecule has 31 heavy (non-hydrogen) atoms. The molecule has 1 aromatic heterocycles. The minimum atomic E-state index is -0.464. The van der Waals surface area contributed by atoms with E-state index in [4.69, 9.17) is 14.0 Å². The molecule has 6 nitrogen and oxygen atoms in total. The number of hydrogen-bond donors (Lipinski definition) is 0. The lowest BCUT2D eigenvalue weighted by atomic mass is 9.98. The van der Waals surface area contributed by atoms with Crippen molar-refractivity contribution in [3.05, 3.63) is 35.5 Å². The predicted octanol–water partition coefficient (Wildman–Crippen LogP) is 6.54. The van der Waals surface area contributed by atoms with Crippen molar-refractivity contribution in [3.8, 4) is 17.1 Å². The highest BCUT2D eigenvalue weighted by molar-refractivity contribution is 5.69. The maximum absolute atomic E-state index is 12.5. The van der Waals surface area contributed by atoms with Crippen molar-refractivity contribution in [3.63, 3.8) is 0 Å². The first kappa shape index (κ1) is 23.2. The minimum absolute atomic E-state index is 0.315. The Labute approximate surface area is 185 Å². The molecule has 0 saturated heterocycles. The number of carbonyl (C=O) groups is 1. The quantitative estimate of drug-likeness (QED) is 0.478. The normalized spacial score (nSPS) is 15.7. The maximum atomic E-state index is 12.5. The molecule has 1 aliphatic carbocycles. The third kappa shape index (κ3) is 6.25. The fourth-order valence-corrected chi connectivity index (χ4v) is 3.97. The fraction of sp³-hybridized carbons (Fsp3) is 0.600. The first-order valence-corrected chi connectivity index (χ1v) is 11.5. The minimum Gasteiger partial charge on any atom is -0.490 e. The zero-order valence-corrected chi connectivity index (χ0v) is 19.5. The van der Waals surface area contributed by atoms with E-state index in [0.717, 1.165) is 41.8 Å². The average Bonchev–Trinajstić information content (AvgIpc) is 3.14. The summed E-state index contributed by atoms with van der Waals surface area (Å²) in [5, 5.41) is 4.13. The lowest BCUT2D eigenvalue weighted by Crippen LogP contribution is -2.30. The summed E-state index contributed by atoms with van der Waals surface area (Å²) in [6, 6.07) is 7.90. The van der Waals surface area contributed by atoms with Crippen LogP contribution in [0.25, 0.3) is 11.3 Å². The van der Waals surface area contributed by atoms with Gasteiger partial charge in [0.1, 0.15) is 11.9 Å². The van der Waals surface area contributed by atoms with Gasteiger partial charge in [-0.15, -0.1) is 0 Å². The molecule has 2 aromatic rings. The standard InChI is InChI=1S/C25H36N2O4/c1-17(2)15-16-27(5)25(28)29-19(4)23-18(3)26-31-24(23)20-11-13-22(14-12-20)30-21-9-7-6-8-10-21/h11-14,17,19,21H,6-10,15-16H2,1-5H3. The molecule has 1 aliphatic rings. The van der Waals surface area contributed by atoms with Crippen molar-refractivity contribution < 1.29 is 18.8 Å². The zero-order valence-electron chi connectivity index (χ0n) is 19.5. The van der Waals surface area contributed by atoms with E-state index in [1.54, 1.807) is 11.9 Å². The van der Waals surface area contributed by atoms with E-state index in [0.29, 0.717) is 24.3 Å². The first-order chi connectivity index (χ1) is 14.8. The molecule has 1 aromatic carbocycles. The number of benzene rings is 1. The Hall–Kier alpha value is -2.50. The van der Waals surface area contributed by atoms with Gasteiger partial charge in [0.25, 0.3) is 0 Å². The summed E-state index contributed by atoms with van der Waals surface area (Å²) in [5.74, 6) is 2.04. The summed E-state index contributed by atoms with van der Waals surface area (Å²) in [5.41, 5.74) is 2.41. The summed E-state index contributed by atoms with van der Waals surface area (Å²) in [6.07, 6.45) is 6.50. The number of aromatic nitrogens is 1. The summed E-state index contributed by atoms with van der Waals surface area (Å²) >= 11 is 0. The second-order valence-electron chi connectivity index (χ2n) is 9.04. The van der Waals surface area contributed by atoms with E-state index in [1.165, 1.54) is 19.3 Å². The van der Waals surface area contributed by atoms with Crippen LogP contribution in [0.3, 0.4) is 0 Å². The highest BCUT2D eigenvalue weighted by atomic mass is 16.6. The fourth-order valence-electron chi connectivity index (χ4n) is 3.97. The first-order valence-electron chi connectivity index (χ1n) is 11.5. The van der Waals surface area contributed by atoms with Crippen LogP contribution in [0, 0.1) is 12.8 Å². The molecule has 6 heteroatoms. The largest absolute Gasteiger partial charge is 0.490 e. The van der Waals surface area contributed by atoms with E-state index >= 15 is 0 Å². The topological polar surface area (TPSA) is 64.8 Å². The van der Waals surface area contributed by atoms with Gasteiger partial charge in [-0.25, -0.2) is 4.79 Å². The molecule has 1 unspecified atom stereocenters. The second-order valence-corrected chi connectivity index (χ2v) is 9.04. The SMILES string of the molecule is Cc1noc(-c2ccc(OC3CCCCC3)cc2)c1C(C)OC(=O)N(C)CCC(C)C. The van der Waals surface area contributed by atoms with Crippen LogP contribution in [-0.2, 0) is 4.74 Å². The smallest absolute Gasteiger partial charge is 0.410 e. The Morgan fingerprint density at radius 3 is 2.48 bits per heavy atom. The van der Waals surface area contributed by atoms with Gasteiger partial charge in [0.2, 0.25) is 0 Å². The van der Waals surface area contributed by atoms with Crippen LogP contribution >= 0.6 is 0 Å². The number of amides is 1. The Morgan fingerprint density at radius 1 is 1.16 bits per heavy atom. The van der Waals surface area contributed by atoms with Crippen molar-refractivity contribution in [2.75, 3.05) is 13.6 Å². The van der Waals surface area contributed by atoms with E-state index < -0.39 is 6.10 Å². The summed E-state index contributed by atoms with van der Waals surface area (Å²) < 4.78 is 17.5. The molecule has 1 fully saturated rings. The molecule has 1 heterocycles. The van der Waals surface area contributed by atoms with Gasteiger partial charge in [0.15, 0.2) is 5.76 Å². The molecular weight excluding hydrogens is 392 g/mol. The lowest BCUT2D eigenvalue weighted by Gasteiger charge is -2.23. The molecule has 1 saturated carbocycles. The Balaban J connectivity index is 1.67. The van der Waals surface area contributed by atoms with Crippen molar-refractivity contribution in [1.29, 1.82) is 0 Å². The highest BCUT2D eigenvalue weighted by Crippen LogP contribution is 2.34. The van der Waals surface area contributed by atoms with E-state index in [-0.39, 0.29) is 6.09 Å². The second kappa shape index (κ2) is 10.7. The molecule has 1 atom stereocenters. The summed E-state index contributed by atoms with van der Waals surface area (Å²) in [4.78, 5) is 14.1. The number of aryl methyl sites for hydroxylation is 1. The van der Waals surface area contributed by atoms with Crippen LogP contribution in [0.5, 0.6) is 5.75 Å². The predicted molar refractivity (Wildman–Crippen MR) is 121 cm³/mol.